The van der Waals surface area contributed by atoms with Crippen LogP contribution in [0.5, 0.6) is 0 Å². The van der Waals surface area contributed by atoms with Crippen LogP contribution >= 0.6 is 0 Å². The molecule has 2 fully saturated rings. The summed E-state index contributed by atoms with van der Waals surface area (Å²) < 4.78 is 0. The Balaban J connectivity index is 0.000000659. The van der Waals surface area contributed by atoms with E-state index in [-0.39, 0.29) is 41.5 Å². The fourth-order valence-corrected chi connectivity index (χ4v) is 6.49. The van der Waals surface area contributed by atoms with Crippen molar-refractivity contribution >= 4 is 11.6 Å². The average Bonchev–Trinajstić information content (AvgIpc) is 2.99. The monoisotopic (exact) mass is 374 g/mol. The van der Waals surface area contributed by atoms with Crippen LogP contribution < -0.4 is 0 Å². The number of carbonyl (C=O) groups is 2. The van der Waals surface area contributed by atoms with E-state index in [0.717, 1.165) is 38.5 Å². The Bertz CT molecular complexity index is 676. The van der Waals surface area contributed by atoms with Crippen LogP contribution in [0.3, 0.4) is 0 Å². The number of carbonyl (C=O) groups excluding carboxylic acids is 2. The molecule has 4 aliphatic rings. The largest absolute Gasteiger partial charge is 0.397 e. The van der Waals surface area contributed by atoms with Crippen LogP contribution in [0.4, 0.5) is 0 Å². The summed E-state index contributed by atoms with van der Waals surface area (Å²) >= 11 is 0. The minimum Gasteiger partial charge on any atom is -0.397 e. The molecule has 0 aromatic heterocycles. The standard InChI is InChI=1S/C21H28O3.C2H6O/c1-20-9-7-14(23)11-13(20)3-4-15-16-5-6-18(19(24)12-22)21(16,2)10-8-17(15)20;1-2-3/h8,11,15-16,18,22H,3-7,9-10,12H2,1-2H3;3H,2H2,1H3. The lowest BCUT2D eigenvalue weighted by Crippen LogP contribution is -2.45. The zero-order chi connectivity index (χ0) is 19.8. The summed E-state index contributed by atoms with van der Waals surface area (Å²) in [5.74, 6) is 1.44. The van der Waals surface area contributed by atoms with E-state index in [2.05, 4.69) is 19.9 Å². The highest BCUT2D eigenvalue weighted by Crippen LogP contribution is 2.64. The quantitative estimate of drug-likeness (QED) is 0.724. The summed E-state index contributed by atoms with van der Waals surface area (Å²) in [5.41, 5.74) is 2.96. The van der Waals surface area contributed by atoms with Crippen molar-refractivity contribution in [2.24, 2.45) is 28.6 Å². The Morgan fingerprint density at radius 2 is 1.89 bits per heavy atom. The maximum absolute atomic E-state index is 12.2. The van der Waals surface area contributed by atoms with Gasteiger partial charge in [0, 0.05) is 24.4 Å². The maximum atomic E-state index is 12.2. The number of hydrogen-bond acceptors (Lipinski definition) is 4. The molecule has 0 aromatic carbocycles. The van der Waals surface area contributed by atoms with Crippen molar-refractivity contribution in [3.05, 3.63) is 23.3 Å². The Kier molecular flexibility index (Phi) is 5.79. The van der Waals surface area contributed by atoms with Crippen LogP contribution in [0.25, 0.3) is 0 Å². The smallest absolute Gasteiger partial charge is 0.161 e. The fourth-order valence-electron chi connectivity index (χ4n) is 6.49. The van der Waals surface area contributed by atoms with Gasteiger partial charge in [0.2, 0.25) is 0 Å². The lowest BCUT2D eigenvalue weighted by atomic mass is 9.51. The van der Waals surface area contributed by atoms with Crippen molar-refractivity contribution in [2.75, 3.05) is 13.2 Å². The van der Waals surface area contributed by atoms with E-state index in [9.17, 15) is 14.7 Å². The molecule has 0 amide bonds. The third kappa shape index (κ3) is 3.25. The number of allylic oxidation sites excluding steroid dienone is 4. The lowest BCUT2D eigenvalue weighted by molar-refractivity contribution is -0.129. The number of aliphatic hydroxyl groups excluding tert-OH is 2. The van der Waals surface area contributed by atoms with Crippen molar-refractivity contribution in [1.29, 1.82) is 0 Å². The third-order valence-corrected chi connectivity index (χ3v) is 7.88. The van der Waals surface area contributed by atoms with Crippen LogP contribution in [0, 0.1) is 28.6 Å². The Morgan fingerprint density at radius 3 is 2.56 bits per heavy atom. The third-order valence-electron chi connectivity index (χ3n) is 7.88. The molecular weight excluding hydrogens is 340 g/mol. The summed E-state index contributed by atoms with van der Waals surface area (Å²) in [5, 5.41) is 16.9. The first-order valence-corrected chi connectivity index (χ1v) is 10.5. The predicted octanol–water partition coefficient (Wildman–Crippen LogP) is 3.61. The zero-order valence-electron chi connectivity index (χ0n) is 17.0. The highest BCUT2D eigenvalue weighted by Gasteiger charge is 2.57. The first-order chi connectivity index (χ1) is 12.8. The Labute approximate surface area is 162 Å². The molecule has 0 spiro atoms. The van der Waals surface area contributed by atoms with Gasteiger partial charge >= 0.3 is 0 Å². The molecule has 0 radical (unpaired) electrons. The molecule has 150 valence electrons. The number of rotatable bonds is 2. The lowest BCUT2D eigenvalue weighted by Gasteiger charge is -2.53. The van der Waals surface area contributed by atoms with E-state index in [1.54, 1.807) is 12.5 Å². The summed E-state index contributed by atoms with van der Waals surface area (Å²) in [4.78, 5) is 24.1. The van der Waals surface area contributed by atoms with Gasteiger partial charge in [-0.3, -0.25) is 9.59 Å². The molecule has 0 aromatic rings. The van der Waals surface area contributed by atoms with Crippen LogP contribution in [-0.2, 0) is 9.59 Å². The molecule has 0 aliphatic heterocycles. The Morgan fingerprint density at radius 1 is 1.19 bits per heavy atom. The zero-order valence-corrected chi connectivity index (χ0v) is 17.0. The van der Waals surface area contributed by atoms with Crippen LogP contribution in [-0.4, -0.2) is 35.0 Å². The van der Waals surface area contributed by atoms with Gasteiger partial charge in [-0.05, 0) is 68.8 Å². The van der Waals surface area contributed by atoms with Gasteiger partial charge in [0.25, 0.3) is 0 Å². The second-order valence-corrected chi connectivity index (χ2v) is 9.16. The van der Waals surface area contributed by atoms with E-state index >= 15 is 0 Å². The van der Waals surface area contributed by atoms with Gasteiger partial charge in [-0.25, -0.2) is 0 Å². The predicted molar refractivity (Wildman–Crippen MR) is 105 cm³/mol. The van der Waals surface area contributed by atoms with Gasteiger partial charge < -0.3 is 10.2 Å². The van der Waals surface area contributed by atoms with Crippen LogP contribution in [0.2, 0.25) is 0 Å². The molecule has 5 atom stereocenters. The van der Waals surface area contributed by atoms with Crippen LogP contribution in [0.15, 0.2) is 23.3 Å². The van der Waals surface area contributed by atoms with Crippen molar-refractivity contribution in [3.8, 4) is 0 Å². The van der Waals surface area contributed by atoms with E-state index in [4.69, 9.17) is 5.11 Å². The average molecular weight is 375 g/mol. The van der Waals surface area contributed by atoms with Crippen molar-refractivity contribution in [3.63, 3.8) is 0 Å². The molecule has 5 unspecified atom stereocenters. The SMILES string of the molecule is CC12CCC(=O)C=C1CCC1C2=CCC2(C)C(C(=O)CO)CCC12.CCO. The molecule has 2 saturated carbocycles. The topological polar surface area (TPSA) is 74.6 Å². The van der Waals surface area contributed by atoms with Crippen molar-refractivity contribution in [1.82, 2.24) is 0 Å². The molecule has 0 saturated heterocycles. The number of aliphatic hydroxyl groups is 2. The van der Waals surface area contributed by atoms with E-state index in [1.165, 1.54) is 5.57 Å². The summed E-state index contributed by atoms with van der Waals surface area (Å²) in [6.45, 7) is 6.21. The van der Waals surface area contributed by atoms with Gasteiger partial charge in [-0.2, -0.15) is 0 Å². The second kappa shape index (κ2) is 7.63. The van der Waals surface area contributed by atoms with Gasteiger partial charge in [0.05, 0.1) is 0 Å². The number of Topliss-reactive ketones (excluding diaryl/α,β-unsaturated/α-hetero) is 1. The molecular formula is C23H34O4. The molecule has 4 heteroatoms. The second-order valence-electron chi connectivity index (χ2n) is 9.16. The first kappa shape index (κ1) is 20.5. The molecule has 0 heterocycles. The first-order valence-electron chi connectivity index (χ1n) is 10.5. The molecule has 4 nitrogen and oxygen atoms in total. The van der Waals surface area contributed by atoms with Crippen molar-refractivity contribution in [2.45, 2.75) is 65.7 Å². The normalized spacial score (nSPS) is 39.9. The number of ketones is 2. The molecule has 27 heavy (non-hydrogen) atoms. The fraction of sp³-hybridized carbons (Fsp3) is 0.739. The Hall–Kier alpha value is -1.26. The van der Waals surface area contributed by atoms with E-state index in [0.29, 0.717) is 18.3 Å². The van der Waals surface area contributed by atoms with Crippen molar-refractivity contribution < 1.29 is 19.8 Å². The maximum Gasteiger partial charge on any atom is 0.161 e. The highest BCUT2D eigenvalue weighted by atomic mass is 16.3. The molecule has 4 rings (SSSR count). The van der Waals surface area contributed by atoms with E-state index in [1.807, 2.05) is 6.08 Å². The highest BCUT2D eigenvalue weighted by molar-refractivity contribution is 5.92. The molecule has 4 aliphatic carbocycles. The summed E-state index contributed by atoms with van der Waals surface area (Å²) in [6, 6.07) is 0. The van der Waals surface area contributed by atoms with Gasteiger partial charge in [0.1, 0.15) is 6.61 Å². The number of hydrogen-bond donors (Lipinski definition) is 2. The van der Waals surface area contributed by atoms with E-state index < -0.39 is 0 Å². The minimum absolute atomic E-state index is 0.00996. The van der Waals surface area contributed by atoms with Gasteiger partial charge in [0.15, 0.2) is 11.6 Å². The summed E-state index contributed by atoms with van der Waals surface area (Å²) in [7, 11) is 0. The molecule has 2 N–H and O–H groups in total. The molecule has 0 bridgehead atoms. The van der Waals surface area contributed by atoms with Gasteiger partial charge in [-0.1, -0.05) is 31.1 Å². The summed E-state index contributed by atoms with van der Waals surface area (Å²) in [6.07, 6.45) is 11.0. The minimum atomic E-state index is -0.319. The number of fused-ring (bicyclic) bond motifs is 5. The van der Waals surface area contributed by atoms with Crippen LogP contribution in [0.1, 0.15) is 65.7 Å². The van der Waals surface area contributed by atoms with Gasteiger partial charge in [-0.15, -0.1) is 0 Å².